The van der Waals surface area contributed by atoms with Gasteiger partial charge in [-0.25, -0.2) is 4.79 Å². The molecule has 1 fully saturated rings. The standard InChI is InChI=1S/C29H40N2O5/c1-5-14-31(18-22-10-8-7-9-11-22)19-23-17-25(12-13-26(23)32)36-27-20(3)15-24(16-21(27)4)30-28(33)29(34)35-6-2/h12-13,15-17,22,32H,5-11,14,18-19H2,1-4H3,(H,30,33). The molecule has 1 aliphatic rings. The van der Waals surface area contributed by atoms with Crippen molar-refractivity contribution in [3.05, 3.63) is 47.0 Å². The van der Waals surface area contributed by atoms with Gasteiger partial charge in [0.1, 0.15) is 17.2 Å². The van der Waals surface area contributed by atoms with Crippen LogP contribution in [0.4, 0.5) is 5.69 Å². The molecule has 2 N–H and O–H groups in total. The predicted octanol–water partition coefficient (Wildman–Crippen LogP) is 6.10. The number of aromatic hydroxyl groups is 1. The molecule has 196 valence electrons. The Kier molecular flexibility index (Phi) is 10.2. The Morgan fingerprint density at radius 3 is 2.39 bits per heavy atom. The Hall–Kier alpha value is -3.06. The monoisotopic (exact) mass is 496 g/mol. The molecule has 0 unspecified atom stereocenters. The number of rotatable bonds is 10. The van der Waals surface area contributed by atoms with Crippen LogP contribution in [-0.4, -0.2) is 41.6 Å². The van der Waals surface area contributed by atoms with Crippen LogP contribution in [-0.2, 0) is 20.9 Å². The normalized spacial score (nSPS) is 14.0. The third-order valence-corrected chi connectivity index (χ3v) is 6.62. The zero-order valence-corrected chi connectivity index (χ0v) is 22.1. The number of ether oxygens (including phenoxy) is 2. The van der Waals surface area contributed by atoms with Crippen molar-refractivity contribution in [2.75, 3.05) is 25.0 Å². The van der Waals surface area contributed by atoms with E-state index in [0.29, 0.717) is 23.7 Å². The first-order valence-corrected chi connectivity index (χ1v) is 13.1. The highest BCUT2D eigenvalue weighted by Crippen LogP contribution is 2.34. The molecule has 1 amide bonds. The van der Waals surface area contributed by atoms with Crippen molar-refractivity contribution < 1.29 is 24.2 Å². The maximum absolute atomic E-state index is 12.0. The summed E-state index contributed by atoms with van der Waals surface area (Å²) in [6.45, 7) is 10.5. The Bertz CT molecular complexity index is 1020. The van der Waals surface area contributed by atoms with E-state index in [9.17, 15) is 14.7 Å². The molecule has 1 aliphatic carbocycles. The summed E-state index contributed by atoms with van der Waals surface area (Å²) in [4.78, 5) is 26.1. The fourth-order valence-corrected chi connectivity index (χ4v) is 4.96. The summed E-state index contributed by atoms with van der Waals surface area (Å²) < 4.78 is 11.0. The van der Waals surface area contributed by atoms with Crippen LogP contribution in [0, 0.1) is 19.8 Å². The fraction of sp³-hybridized carbons (Fsp3) is 0.517. The highest BCUT2D eigenvalue weighted by atomic mass is 16.5. The Labute approximate surface area is 214 Å². The molecule has 2 aromatic carbocycles. The maximum Gasteiger partial charge on any atom is 0.397 e. The lowest BCUT2D eigenvalue weighted by molar-refractivity contribution is -0.152. The van der Waals surface area contributed by atoms with Crippen LogP contribution in [0.1, 0.15) is 69.1 Å². The van der Waals surface area contributed by atoms with Crippen molar-refractivity contribution in [1.29, 1.82) is 0 Å². The lowest BCUT2D eigenvalue weighted by atomic mass is 9.89. The number of hydrogen-bond donors (Lipinski definition) is 2. The van der Waals surface area contributed by atoms with Crippen molar-refractivity contribution in [1.82, 2.24) is 4.90 Å². The van der Waals surface area contributed by atoms with Crippen LogP contribution in [0.15, 0.2) is 30.3 Å². The van der Waals surface area contributed by atoms with Gasteiger partial charge in [-0.05, 0) is 94.0 Å². The molecule has 0 saturated heterocycles. The van der Waals surface area contributed by atoms with Gasteiger partial charge in [0.15, 0.2) is 0 Å². The highest BCUT2D eigenvalue weighted by molar-refractivity contribution is 6.37. The number of hydrogen-bond acceptors (Lipinski definition) is 6. The van der Waals surface area contributed by atoms with E-state index in [1.165, 1.54) is 32.1 Å². The van der Waals surface area contributed by atoms with Gasteiger partial charge in [0, 0.05) is 24.3 Å². The quantitative estimate of drug-likeness (QED) is 0.305. The number of aryl methyl sites for hydroxylation is 2. The first-order chi connectivity index (χ1) is 17.3. The SMILES string of the molecule is CCCN(Cc1cc(Oc2c(C)cc(NC(=O)C(=O)OCC)cc2C)ccc1O)CC1CCCCC1. The van der Waals surface area contributed by atoms with Gasteiger partial charge in [0.25, 0.3) is 0 Å². The zero-order chi connectivity index (χ0) is 26.1. The fourth-order valence-electron chi connectivity index (χ4n) is 4.96. The molecule has 0 spiro atoms. The molecule has 1 saturated carbocycles. The first kappa shape index (κ1) is 27.5. The van der Waals surface area contributed by atoms with Gasteiger partial charge in [0.2, 0.25) is 0 Å². The second-order valence-electron chi connectivity index (χ2n) is 9.75. The topological polar surface area (TPSA) is 88.1 Å². The molecule has 0 heterocycles. The van der Waals surface area contributed by atoms with Crippen molar-refractivity contribution >= 4 is 17.6 Å². The number of phenols is 1. The van der Waals surface area contributed by atoms with E-state index < -0.39 is 11.9 Å². The number of carbonyl (C=O) groups is 2. The number of carbonyl (C=O) groups excluding carboxylic acids is 2. The van der Waals surface area contributed by atoms with Crippen LogP contribution in [0.2, 0.25) is 0 Å². The van der Waals surface area contributed by atoms with Gasteiger partial charge >= 0.3 is 11.9 Å². The van der Waals surface area contributed by atoms with Crippen LogP contribution >= 0.6 is 0 Å². The summed E-state index contributed by atoms with van der Waals surface area (Å²) in [5.74, 6) is 0.611. The molecule has 3 rings (SSSR count). The van der Waals surface area contributed by atoms with Gasteiger partial charge in [-0.2, -0.15) is 0 Å². The average molecular weight is 497 g/mol. The van der Waals surface area contributed by atoms with Gasteiger partial charge < -0.3 is 19.9 Å². The molecule has 2 aromatic rings. The number of esters is 1. The number of anilines is 1. The van der Waals surface area contributed by atoms with Gasteiger partial charge in [-0.3, -0.25) is 9.69 Å². The minimum Gasteiger partial charge on any atom is -0.508 e. The second kappa shape index (κ2) is 13.3. The molecule has 0 radical (unpaired) electrons. The molecule has 0 atom stereocenters. The van der Waals surface area contributed by atoms with E-state index in [1.807, 2.05) is 19.9 Å². The molecular formula is C29H40N2O5. The number of phenolic OH excluding ortho intramolecular Hbond substituents is 1. The summed E-state index contributed by atoms with van der Waals surface area (Å²) >= 11 is 0. The molecule has 36 heavy (non-hydrogen) atoms. The van der Waals surface area contributed by atoms with E-state index >= 15 is 0 Å². The minimum absolute atomic E-state index is 0.141. The second-order valence-corrected chi connectivity index (χ2v) is 9.75. The third-order valence-electron chi connectivity index (χ3n) is 6.62. The van der Waals surface area contributed by atoms with E-state index in [2.05, 4.69) is 17.1 Å². The molecular weight excluding hydrogens is 456 g/mol. The molecule has 7 nitrogen and oxygen atoms in total. The Morgan fingerprint density at radius 2 is 1.75 bits per heavy atom. The zero-order valence-electron chi connectivity index (χ0n) is 22.1. The summed E-state index contributed by atoms with van der Waals surface area (Å²) in [7, 11) is 0. The van der Waals surface area contributed by atoms with Crippen molar-refractivity contribution in [3.8, 4) is 17.2 Å². The number of nitrogens with zero attached hydrogens (tertiary/aromatic N) is 1. The van der Waals surface area contributed by atoms with Crippen LogP contribution in [0.5, 0.6) is 17.2 Å². The minimum atomic E-state index is -0.912. The van der Waals surface area contributed by atoms with E-state index in [0.717, 1.165) is 42.1 Å². The molecule has 0 aromatic heterocycles. The van der Waals surface area contributed by atoms with Crippen molar-refractivity contribution in [2.24, 2.45) is 5.92 Å². The highest BCUT2D eigenvalue weighted by Gasteiger charge is 2.19. The Balaban J connectivity index is 1.72. The number of benzene rings is 2. The average Bonchev–Trinajstić information content (AvgIpc) is 2.84. The van der Waals surface area contributed by atoms with Crippen LogP contribution in [0.25, 0.3) is 0 Å². The third kappa shape index (κ3) is 7.72. The molecule has 0 bridgehead atoms. The largest absolute Gasteiger partial charge is 0.508 e. The van der Waals surface area contributed by atoms with E-state index in [1.54, 1.807) is 31.2 Å². The van der Waals surface area contributed by atoms with Crippen molar-refractivity contribution in [2.45, 2.75) is 72.8 Å². The Morgan fingerprint density at radius 1 is 1.06 bits per heavy atom. The van der Waals surface area contributed by atoms with Gasteiger partial charge in [-0.1, -0.05) is 26.2 Å². The van der Waals surface area contributed by atoms with Gasteiger partial charge in [0.05, 0.1) is 6.61 Å². The first-order valence-electron chi connectivity index (χ1n) is 13.1. The summed E-state index contributed by atoms with van der Waals surface area (Å²) in [6, 6.07) is 8.88. The van der Waals surface area contributed by atoms with Gasteiger partial charge in [-0.15, -0.1) is 0 Å². The maximum atomic E-state index is 12.0. The summed E-state index contributed by atoms with van der Waals surface area (Å²) in [5.41, 5.74) is 2.98. The summed E-state index contributed by atoms with van der Waals surface area (Å²) in [6.07, 6.45) is 7.66. The lowest BCUT2D eigenvalue weighted by Crippen LogP contribution is -2.31. The van der Waals surface area contributed by atoms with E-state index in [-0.39, 0.29) is 12.4 Å². The lowest BCUT2D eigenvalue weighted by Gasteiger charge is -2.30. The van der Waals surface area contributed by atoms with Crippen LogP contribution < -0.4 is 10.1 Å². The number of nitrogens with one attached hydrogen (secondary N) is 1. The van der Waals surface area contributed by atoms with Crippen molar-refractivity contribution in [3.63, 3.8) is 0 Å². The number of amides is 1. The predicted molar refractivity (Wildman–Crippen MR) is 142 cm³/mol. The van der Waals surface area contributed by atoms with E-state index in [4.69, 9.17) is 9.47 Å². The summed E-state index contributed by atoms with van der Waals surface area (Å²) in [5, 5.41) is 13.2. The smallest absolute Gasteiger partial charge is 0.397 e. The molecule has 7 heteroatoms. The van der Waals surface area contributed by atoms with Crippen LogP contribution in [0.3, 0.4) is 0 Å². The molecule has 0 aliphatic heterocycles.